The van der Waals surface area contributed by atoms with Gasteiger partial charge in [0.25, 0.3) is 0 Å². The minimum atomic E-state index is 0.151. The summed E-state index contributed by atoms with van der Waals surface area (Å²) in [6.45, 7) is 0.676. The third-order valence-corrected chi connectivity index (χ3v) is 4.76. The van der Waals surface area contributed by atoms with E-state index < -0.39 is 0 Å². The van der Waals surface area contributed by atoms with Gasteiger partial charge in [-0.25, -0.2) is 0 Å². The maximum Gasteiger partial charge on any atom is 0.220 e. The maximum absolute atomic E-state index is 12.1. The van der Waals surface area contributed by atoms with Crippen LogP contribution in [0.15, 0.2) is 42.5 Å². The lowest BCUT2D eigenvalue weighted by atomic mass is 10.0. The van der Waals surface area contributed by atoms with E-state index in [-0.39, 0.29) is 11.9 Å². The maximum atomic E-state index is 12.1. The Morgan fingerprint density at radius 2 is 1.95 bits per heavy atom. The summed E-state index contributed by atoms with van der Waals surface area (Å²) in [5.74, 6) is 0.614. The average molecular weight is 296 g/mol. The van der Waals surface area contributed by atoms with Crippen molar-refractivity contribution in [2.75, 3.05) is 6.54 Å². The van der Waals surface area contributed by atoms with E-state index in [1.54, 1.807) is 0 Å². The quantitative estimate of drug-likeness (QED) is 0.891. The molecule has 3 nitrogen and oxygen atoms in total. The highest BCUT2D eigenvalue weighted by atomic mass is 16.1. The van der Waals surface area contributed by atoms with Gasteiger partial charge >= 0.3 is 0 Å². The summed E-state index contributed by atoms with van der Waals surface area (Å²) >= 11 is 0. The minimum absolute atomic E-state index is 0.151. The molecule has 1 aliphatic carbocycles. The molecule has 0 bridgehead atoms. The molecule has 0 aliphatic heterocycles. The number of rotatable bonds is 5. The molecule has 1 fully saturated rings. The van der Waals surface area contributed by atoms with Gasteiger partial charge in [0, 0.05) is 12.5 Å². The highest BCUT2D eigenvalue weighted by molar-refractivity contribution is 5.83. The molecular formula is C19H24N2O. The Labute approximate surface area is 131 Å². The first-order valence-corrected chi connectivity index (χ1v) is 8.23. The Bertz CT molecular complexity index is 653. The molecule has 2 aromatic rings. The monoisotopic (exact) mass is 296 g/mol. The number of carbonyl (C=O) groups is 1. The molecule has 2 unspecified atom stereocenters. The van der Waals surface area contributed by atoms with Gasteiger partial charge in [0.1, 0.15) is 0 Å². The molecule has 2 atom stereocenters. The number of hydrogen-bond acceptors (Lipinski definition) is 2. The number of aryl methyl sites for hydroxylation is 1. The van der Waals surface area contributed by atoms with Crippen molar-refractivity contribution < 1.29 is 4.79 Å². The van der Waals surface area contributed by atoms with Gasteiger partial charge in [0.05, 0.1) is 0 Å². The van der Waals surface area contributed by atoms with Crippen molar-refractivity contribution in [2.45, 2.75) is 38.1 Å². The van der Waals surface area contributed by atoms with Crippen molar-refractivity contribution in [3.05, 3.63) is 48.0 Å². The summed E-state index contributed by atoms with van der Waals surface area (Å²) in [5, 5.41) is 5.65. The van der Waals surface area contributed by atoms with Gasteiger partial charge in [0.2, 0.25) is 5.91 Å². The predicted octanol–water partition coefficient (Wildman–Crippen LogP) is 3.02. The Hall–Kier alpha value is -1.87. The van der Waals surface area contributed by atoms with E-state index in [1.165, 1.54) is 22.8 Å². The third-order valence-electron chi connectivity index (χ3n) is 4.76. The van der Waals surface area contributed by atoms with Gasteiger partial charge in [-0.1, -0.05) is 48.9 Å². The fourth-order valence-corrected chi connectivity index (χ4v) is 3.44. The third kappa shape index (κ3) is 3.47. The van der Waals surface area contributed by atoms with Gasteiger partial charge < -0.3 is 11.1 Å². The molecular weight excluding hydrogens is 272 g/mol. The van der Waals surface area contributed by atoms with E-state index in [0.29, 0.717) is 18.9 Å². The van der Waals surface area contributed by atoms with Crippen LogP contribution in [0.25, 0.3) is 10.8 Å². The van der Waals surface area contributed by atoms with Crippen LogP contribution in [0.3, 0.4) is 0 Å². The van der Waals surface area contributed by atoms with Gasteiger partial charge in [-0.3, -0.25) is 4.79 Å². The van der Waals surface area contributed by atoms with Gasteiger partial charge in [0.15, 0.2) is 0 Å². The predicted molar refractivity (Wildman–Crippen MR) is 90.6 cm³/mol. The molecule has 3 rings (SSSR count). The number of carbonyl (C=O) groups excluding carboxylic acids is 1. The van der Waals surface area contributed by atoms with Gasteiger partial charge in [-0.2, -0.15) is 0 Å². The summed E-state index contributed by atoms with van der Waals surface area (Å²) in [6, 6.07) is 15.0. The van der Waals surface area contributed by atoms with Crippen molar-refractivity contribution >= 4 is 16.7 Å². The van der Waals surface area contributed by atoms with Crippen LogP contribution in [0.4, 0.5) is 0 Å². The standard InChI is InChI=1S/C19H24N2O/c20-13-17-6-3-7-18(17)21-19(22)11-9-14-8-10-15-4-1-2-5-16(15)12-14/h1-2,4-5,8,10,12,17-18H,3,6-7,9,11,13,20H2,(H,21,22). The molecule has 0 spiro atoms. The van der Waals surface area contributed by atoms with E-state index in [0.717, 1.165) is 19.3 Å². The number of nitrogens with one attached hydrogen (secondary N) is 1. The van der Waals surface area contributed by atoms with Gasteiger partial charge in [-0.05, 0) is 48.1 Å². The molecule has 1 amide bonds. The molecule has 0 radical (unpaired) electrons. The van der Waals surface area contributed by atoms with E-state index in [2.05, 4.69) is 35.6 Å². The SMILES string of the molecule is NCC1CCCC1NC(=O)CCc1ccc2ccccc2c1. The van der Waals surface area contributed by atoms with Crippen LogP contribution >= 0.6 is 0 Å². The Morgan fingerprint density at radius 3 is 2.77 bits per heavy atom. The van der Waals surface area contributed by atoms with E-state index in [1.807, 2.05) is 12.1 Å². The van der Waals surface area contributed by atoms with Crippen LogP contribution in [-0.4, -0.2) is 18.5 Å². The van der Waals surface area contributed by atoms with Crippen molar-refractivity contribution in [3.63, 3.8) is 0 Å². The van der Waals surface area contributed by atoms with E-state index >= 15 is 0 Å². The van der Waals surface area contributed by atoms with Crippen LogP contribution in [0, 0.1) is 5.92 Å². The Morgan fingerprint density at radius 1 is 1.14 bits per heavy atom. The fraction of sp³-hybridized carbons (Fsp3) is 0.421. The van der Waals surface area contributed by atoms with E-state index in [9.17, 15) is 4.79 Å². The summed E-state index contributed by atoms with van der Waals surface area (Å²) in [4.78, 5) is 12.1. The first-order valence-electron chi connectivity index (χ1n) is 8.23. The highest BCUT2D eigenvalue weighted by Crippen LogP contribution is 2.24. The molecule has 116 valence electrons. The molecule has 2 aromatic carbocycles. The molecule has 0 saturated heterocycles. The molecule has 3 heteroatoms. The summed E-state index contributed by atoms with van der Waals surface area (Å²) in [7, 11) is 0. The zero-order valence-corrected chi connectivity index (χ0v) is 12.9. The van der Waals surface area contributed by atoms with Crippen LogP contribution < -0.4 is 11.1 Å². The summed E-state index contributed by atoms with van der Waals surface area (Å²) < 4.78 is 0. The number of benzene rings is 2. The van der Waals surface area contributed by atoms with Crippen LogP contribution in [0.1, 0.15) is 31.2 Å². The Kier molecular flexibility index (Phi) is 4.74. The molecule has 0 aromatic heterocycles. The van der Waals surface area contributed by atoms with Crippen molar-refractivity contribution in [2.24, 2.45) is 11.7 Å². The first-order chi connectivity index (χ1) is 10.8. The number of nitrogens with two attached hydrogens (primary N) is 1. The van der Waals surface area contributed by atoms with Crippen molar-refractivity contribution in [3.8, 4) is 0 Å². The molecule has 22 heavy (non-hydrogen) atoms. The lowest BCUT2D eigenvalue weighted by molar-refractivity contribution is -0.122. The normalized spacial score (nSPS) is 21.1. The smallest absolute Gasteiger partial charge is 0.220 e. The minimum Gasteiger partial charge on any atom is -0.353 e. The molecule has 1 saturated carbocycles. The van der Waals surface area contributed by atoms with Crippen LogP contribution in [-0.2, 0) is 11.2 Å². The zero-order valence-electron chi connectivity index (χ0n) is 12.9. The topological polar surface area (TPSA) is 55.1 Å². The zero-order chi connectivity index (χ0) is 15.4. The molecule has 3 N–H and O–H groups in total. The summed E-state index contributed by atoms with van der Waals surface area (Å²) in [5.41, 5.74) is 6.98. The Balaban J connectivity index is 1.55. The summed E-state index contributed by atoms with van der Waals surface area (Å²) in [6.07, 6.45) is 4.73. The number of hydrogen-bond donors (Lipinski definition) is 2. The number of amides is 1. The molecule has 0 heterocycles. The largest absolute Gasteiger partial charge is 0.353 e. The second kappa shape index (κ2) is 6.93. The van der Waals surface area contributed by atoms with Crippen LogP contribution in [0.5, 0.6) is 0 Å². The van der Waals surface area contributed by atoms with Crippen LogP contribution in [0.2, 0.25) is 0 Å². The van der Waals surface area contributed by atoms with Gasteiger partial charge in [-0.15, -0.1) is 0 Å². The van der Waals surface area contributed by atoms with E-state index in [4.69, 9.17) is 5.73 Å². The fourth-order valence-electron chi connectivity index (χ4n) is 3.44. The lowest BCUT2D eigenvalue weighted by Crippen LogP contribution is -2.39. The second-order valence-electron chi connectivity index (χ2n) is 6.28. The van der Waals surface area contributed by atoms with Crippen molar-refractivity contribution in [1.29, 1.82) is 0 Å². The average Bonchev–Trinajstić information content (AvgIpc) is 3.00. The molecule has 1 aliphatic rings. The number of fused-ring (bicyclic) bond motifs is 1. The lowest BCUT2D eigenvalue weighted by Gasteiger charge is -2.19. The van der Waals surface area contributed by atoms with Crippen molar-refractivity contribution in [1.82, 2.24) is 5.32 Å². The second-order valence-corrected chi connectivity index (χ2v) is 6.28. The first kappa shape index (κ1) is 15.0. The highest BCUT2D eigenvalue weighted by Gasteiger charge is 2.26.